The molecule has 0 bridgehead atoms. The molecular weight excluding hydrogens is 346 g/mol. The summed E-state index contributed by atoms with van der Waals surface area (Å²) in [7, 11) is 0. The lowest BCUT2D eigenvalue weighted by Gasteiger charge is -2.28. The molecular formula is C15H13F4N3OS. The Bertz CT molecular complexity index is 739. The van der Waals surface area contributed by atoms with Crippen LogP contribution in [0.3, 0.4) is 0 Å². The van der Waals surface area contributed by atoms with E-state index in [1.807, 2.05) is 0 Å². The van der Waals surface area contributed by atoms with Crippen molar-refractivity contribution in [3.05, 3.63) is 29.3 Å². The number of carbonyl (C=O) groups excluding carboxylic acids is 1. The van der Waals surface area contributed by atoms with Crippen LogP contribution in [-0.4, -0.2) is 34.7 Å². The third kappa shape index (κ3) is 2.82. The van der Waals surface area contributed by atoms with Crippen molar-refractivity contribution in [3.63, 3.8) is 0 Å². The molecule has 0 saturated carbocycles. The Morgan fingerprint density at radius 3 is 2.46 bits per heavy atom. The first-order valence-electron chi connectivity index (χ1n) is 6.89. The van der Waals surface area contributed by atoms with Crippen LogP contribution in [0.1, 0.15) is 25.0 Å². The van der Waals surface area contributed by atoms with E-state index in [-0.39, 0.29) is 17.3 Å². The van der Waals surface area contributed by atoms with Gasteiger partial charge in [-0.05, 0) is 44.3 Å². The van der Waals surface area contributed by atoms with Crippen molar-refractivity contribution in [2.75, 3.05) is 18.1 Å². The Morgan fingerprint density at radius 2 is 1.96 bits per heavy atom. The van der Waals surface area contributed by atoms with Crippen molar-refractivity contribution in [2.24, 2.45) is 0 Å². The highest BCUT2D eigenvalue weighted by atomic mass is 32.1. The lowest BCUT2D eigenvalue weighted by molar-refractivity contribution is -0.137. The van der Waals surface area contributed by atoms with Gasteiger partial charge in [-0.2, -0.15) is 18.4 Å². The smallest absolute Gasteiger partial charge is 0.332 e. The summed E-state index contributed by atoms with van der Waals surface area (Å²) in [5, 5.41) is 8.76. The molecule has 4 nitrogen and oxygen atoms in total. The predicted molar refractivity (Wildman–Crippen MR) is 83.0 cm³/mol. The molecule has 0 aromatic heterocycles. The summed E-state index contributed by atoms with van der Waals surface area (Å²) in [4.78, 5) is 14.8. The van der Waals surface area contributed by atoms with Gasteiger partial charge in [-0.25, -0.2) is 4.39 Å². The third-order valence-electron chi connectivity index (χ3n) is 3.82. The molecule has 0 radical (unpaired) electrons. The minimum Gasteiger partial charge on any atom is -0.332 e. The van der Waals surface area contributed by atoms with E-state index in [9.17, 15) is 22.4 Å². The molecule has 1 amide bonds. The van der Waals surface area contributed by atoms with Gasteiger partial charge in [0.15, 0.2) is 5.11 Å². The number of nitriles is 1. The molecule has 1 fully saturated rings. The summed E-state index contributed by atoms with van der Waals surface area (Å²) in [5.41, 5.74) is -2.98. The number of carbonyl (C=O) groups is 1. The summed E-state index contributed by atoms with van der Waals surface area (Å²) in [6, 6.07) is 4.38. The molecule has 1 aliphatic rings. The highest BCUT2D eigenvalue weighted by Gasteiger charge is 2.49. The Balaban J connectivity index is 2.55. The van der Waals surface area contributed by atoms with E-state index < -0.39 is 35.4 Å². The molecule has 1 heterocycles. The van der Waals surface area contributed by atoms with Crippen LogP contribution >= 0.6 is 12.2 Å². The molecule has 1 saturated heterocycles. The van der Waals surface area contributed by atoms with E-state index in [0.717, 1.165) is 11.0 Å². The zero-order valence-corrected chi connectivity index (χ0v) is 13.6. The molecule has 0 spiro atoms. The fourth-order valence-electron chi connectivity index (χ4n) is 2.53. The average Bonchev–Trinajstić information content (AvgIpc) is 2.66. The van der Waals surface area contributed by atoms with Crippen LogP contribution in [0.2, 0.25) is 0 Å². The number of hydrogen-bond donors (Lipinski definition) is 0. The summed E-state index contributed by atoms with van der Waals surface area (Å²) in [6.07, 6.45) is -4.75. The maximum atomic E-state index is 13.1. The van der Waals surface area contributed by atoms with E-state index >= 15 is 0 Å². The van der Waals surface area contributed by atoms with Crippen LogP contribution in [0.5, 0.6) is 0 Å². The Hall–Kier alpha value is -2.21. The van der Waals surface area contributed by atoms with Crippen molar-refractivity contribution in [2.45, 2.75) is 25.6 Å². The first-order valence-corrected chi connectivity index (χ1v) is 7.30. The van der Waals surface area contributed by atoms with Gasteiger partial charge < -0.3 is 4.90 Å². The number of thiocarbonyl (C=S) groups is 1. The fraction of sp³-hybridized carbons (Fsp3) is 0.400. The van der Waals surface area contributed by atoms with Gasteiger partial charge in [0.1, 0.15) is 12.2 Å². The van der Waals surface area contributed by atoms with Gasteiger partial charge in [0, 0.05) is 6.54 Å². The Labute approximate surface area is 141 Å². The minimum atomic E-state index is -4.75. The highest BCUT2D eigenvalue weighted by molar-refractivity contribution is 7.80. The van der Waals surface area contributed by atoms with Crippen molar-refractivity contribution in [1.29, 1.82) is 5.26 Å². The normalized spacial score (nSPS) is 17.4. The second kappa shape index (κ2) is 6.02. The number of amides is 1. The maximum Gasteiger partial charge on any atom is 0.417 e. The molecule has 1 aromatic carbocycles. The third-order valence-corrected chi connectivity index (χ3v) is 4.22. The number of nitrogens with zero attached hydrogens (tertiary/aromatic N) is 3. The summed E-state index contributed by atoms with van der Waals surface area (Å²) < 4.78 is 52.0. The maximum absolute atomic E-state index is 13.1. The zero-order chi connectivity index (χ0) is 18.3. The molecule has 0 atom stereocenters. The van der Waals surface area contributed by atoms with Gasteiger partial charge in [-0.15, -0.1) is 0 Å². The SMILES string of the molecule is CC1(C)C(=O)N(c2ccc(C#N)c(C(F)(F)F)c2)C(=S)N1CCF. The van der Waals surface area contributed by atoms with Gasteiger partial charge in [-0.1, -0.05) is 0 Å². The van der Waals surface area contributed by atoms with Crippen molar-refractivity contribution >= 4 is 28.9 Å². The molecule has 1 aromatic rings. The van der Waals surface area contributed by atoms with E-state index in [1.165, 1.54) is 30.9 Å². The highest BCUT2D eigenvalue weighted by Crippen LogP contribution is 2.37. The van der Waals surface area contributed by atoms with Crippen molar-refractivity contribution in [3.8, 4) is 6.07 Å². The molecule has 0 unspecified atom stereocenters. The fourth-order valence-corrected chi connectivity index (χ4v) is 3.03. The number of hydrogen-bond acceptors (Lipinski definition) is 3. The van der Waals surface area contributed by atoms with Gasteiger partial charge in [-0.3, -0.25) is 9.69 Å². The molecule has 2 rings (SSSR count). The Morgan fingerprint density at radius 1 is 1.33 bits per heavy atom. The largest absolute Gasteiger partial charge is 0.417 e. The van der Waals surface area contributed by atoms with Gasteiger partial charge >= 0.3 is 6.18 Å². The van der Waals surface area contributed by atoms with E-state index in [0.29, 0.717) is 6.07 Å². The molecule has 0 aliphatic carbocycles. The zero-order valence-electron chi connectivity index (χ0n) is 12.8. The van der Waals surface area contributed by atoms with Crippen molar-refractivity contribution in [1.82, 2.24) is 4.90 Å². The number of halogens is 4. The average molecular weight is 359 g/mol. The van der Waals surface area contributed by atoms with Crippen LogP contribution in [0.25, 0.3) is 0 Å². The molecule has 1 aliphatic heterocycles. The van der Waals surface area contributed by atoms with Gasteiger partial charge in [0.05, 0.1) is 22.9 Å². The van der Waals surface area contributed by atoms with Crippen LogP contribution in [0, 0.1) is 11.3 Å². The summed E-state index contributed by atoms with van der Waals surface area (Å²) >= 11 is 5.15. The van der Waals surface area contributed by atoms with Crippen LogP contribution in [0.15, 0.2) is 18.2 Å². The lowest BCUT2D eigenvalue weighted by atomic mass is 10.0. The second-order valence-corrected chi connectivity index (χ2v) is 6.03. The second-order valence-electron chi connectivity index (χ2n) is 5.66. The summed E-state index contributed by atoms with van der Waals surface area (Å²) in [6.45, 7) is 2.14. The molecule has 128 valence electrons. The van der Waals surface area contributed by atoms with Crippen LogP contribution < -0.4 is 4.90 Å². The monoisotopic (exact) mass is 359 g/mol. The molecule has 0 N–H and O–H groups in total. The first-order chi connectivity index (χ1) is 11.1. The predicted octanol–water partition coefficient (Wildman–Crippen LogP) is 3.26. The van der Waals surface area contributed by atoms with Gasteiger partial charge in [0.25, 0.3) is 5.91 Å². The standard InChI is InChI=1S/C15H13F4N3OS/c1-14(2)12(23)22(13(24)21(14)6-5-16)10-4-3-9(8-20)11(7-10)15(17,18)19/h3-4,7H,5-6H2,1-2H3. The topological polar surface area (TPSA) is 47.3 Å². The lowest BCUT2D eigenvalue weighted by Crippen LogP contribution is -2.45. The number of benzene rings is 1. The molecule has 9 heteroatoms. The number of alkyl halides is 4. The number of anilines is 1. The van der Waals surface area contributed by atoms with E-state index in [1.54, 1.807) is 0 Å². The van der Waals surface area contributed by atoms with E-state index in [4.69, 9.17) is 17.5 Å². The Kier molecular flexibility index (Phi) is 4.55. The van der Waals surface area contributed by atoms with Crippen LogP contribution in [-0.2, 0) is 11.0 Å². The van der Waals surface area contributed by atoms with Crippen LogP contribution in [0.4, 0.5) is 23.2 Å². The number of rotatable bonds is 3. The minimum absolute atomic E-state index is 0.0690. The summed E-state index contributed by atoms with van der Waals surface area (Å²) in [5.74, 6) is -0.557. The van der Waals surface area contributed by atoms with Crippen molar-refractivity contribution < 1.29 is 22.4 Å². The van der Waals surface area contributed by atoms with Gasteiger partial charge in [0.2, 0.25) is 0 Å². The molecule has 24 heavy (non-hydrogen) atoms. The quantitative estimate of drug-likeness (QED) is 0.614. The van der Waals surface area contributed by atoms with E-state index in [2.05, 4.69) is 0 Å². The first kappa shape index (κ1) is 18.1.